The van der Waals surface area contributed by atoms with Crippen molar-refractivity contribution in [1.82, 2.24) is 5.32 Å². The largest absolute Gasteiger partial charge is 0.504 e. The van der Waals surface area contributed by atoms with Crippen molar-refractivity contribution < 1.29 is 9.84 Å². The van der Waals surface area contributed by atoms with Gasteiger partial charge in [-0.15, -0.1) is 0 Å². The van der Waals surface area contributed by atoms with Gasteiger partial charge in [-0.25, -0.2) is 0 Å². The molecule has 0 atom stereocenters. The van der Waals surface area contributed by atoms with Crippen LogP contribution in [0.25, 0.3) is 0 Å². The summed E-state index contributed by atoms with van der Waals surface area (Å²) in [7, 11) is 1.58. The van der Waals surface area contributed by atoms with Crippen molar-refractivity contribution in [2.24, 2.45) is 0 Å². The second-order valence-electron chi connectivity index (χ2n) is 4.08. The van der Waals surface area contributed by atoms with Gasteiger partial charge < -0.3 is 15.2 Å². The number of benzene rings is 1. The molecule has 3 heteroatoms. The predicted molar refractivity (Wildman–Crippen MR) is 52.4 cm³/mol. The van der Waals surface area contributed by atoms with Crippen LogP contribution in [0.4, 0.5) is 0 Å². The van der Waals surface area contributed by atoms with Gasteiger partial charge in [0.25, 0.3) is 0 Å². The van der Waals surface area contributed by atoms with Crippen molar-refractivity contribution in [2.75, 3.05) is 7.11 Å². The molecule has 1 aromatic rings. The zero-order valence-electron chi connectivity index (χ0n) is 8.13. The van der Waals surface area contributed by atoms with E-state index in [-0.39, 0.29) is 5.54 Å². The lowest BCUT2D eigenvalue weighted by molar-refractivity contribution is 0.371. The molecule has 0 unspecified atom stereocenters. The summed E-state index contributed by atoms with van der Waals surface area (Å²) in [6.07, 6.45) is 2.37. The van der Waals surface area contributed by atoms with Crippen LogP contribution in [0.1, 0.15) is 24.0 Å². The van der Waals surface area contributed by atoms with Crippen molar-refractivity contribution in [3.8, 4) is 11.5 Å². The number of fused-ring (bicyclic) bond motifs is 2. The highest BCUT2D eigenvalue weighted by Gasteiger charge is 2.49. The smallest absolute Gasteiger partial charge is 0.162 e. The van der Waals surface area contributed by atoms with Crippen LogP contribution < -0.4 is 10.1 Å². The van der Waals surface area contributed by atoms with E-state index in [1.807, 2.05) is 6.07 Å². The molecule has 14 heavy (non-hydrogen) atoms. The van der Waals surface area contributed by atoms with Crippen molar-refractivity contribution in [3.63, 3.8) is 0 Å². The Labute approximate surface area is 82.7 Å². The predicted octanol–water partition coefficient (Wildman–Crippen LogP) is 1.49. The average Bonchev–Trinajstić information content (AvgIpc) is 2.86. The molecular weight excluding hydrogens is 178 g/mol. The summed E-state index contributed by atoms with van der Waals surface area (Å²) in [5.41, 5.74) is 2.47. The molecule has 0 amide bonds. The Morgan fingerprint density at radius 2 is 2.21 bits per heavy atom. The lowest BCUT2D eigenvalue weighted by Crippen LogP contribution is -2.19. The summed E-state index contributed by atoms with van der Waals surface area (Å²) in [6.45, 7) is 0.762. The van der Waals surface area contributed by atoms with Crippen LogP contribution in [0.3, 0.4) is 0 Å². The molecule has 0 saturated heterocycles. The van der Waals surface area contributed by atoms with E-state index >= 15 is 0 Å². The first-order valence-corrected chi connectivity index (χ1v) is 4.91. The molecule has 0 aromatic heterocycles. The first kappa shape index (κ1) is 8.12. The van der Waals surface area contributed by atoms with E-state index in [2.05, 4.69) is 11.4 Å². The van der Waals surface area contributed by atoms with Gasteiger partial charge in [0, 0.05) is 17.6 Å². The summed E-state index contributed by atoms with van der Waals surface area (Å²) in [5, 5.41) is 13.4. The molecular formula is C11H13NO2. The lowest BCUT2D eigenvalue weighted by atomic mass is 10.0. The summed E-state index contributed by atoms with van der Waals surface area (Å²) in [4.78, 5) is 0. The molecule has 1 heterocycles. The topological polar surface area (TPSA) is 41.5 Å². The summed E-state index contributed by atoms with van der Waals surface area (Å²) < 4.78 is 5.08. The van der Waals surface area contributed by atoms with Gasteiger partial charge in [-0.1, -0.05) is 6.07 Å². The van der Waals surface area contributed by atoms with E-state index in [9.17, 15) is 5.11 Å². The monoisotopic (exact) mass is 191 g/mol. The number of methoxy groups -OCH3 is 1. The maximum absolute atomic E-state index is 9.90. The van der Waals surface area contributed by atoms with E-state index < -0.39 is 0 Å². The summed E-state index contributed by atoms with van der Waals surface area (Å²) >= 11 is 0. The van der Waals surface area contributed by atoms with Gasteiger partial charge in [-0.05, 0) is 24.5 Å². The van der Waals surface area contributed by atoms with Gasteiger partial charge in [-0.3, -0.25) is 0 Å². The standard InChI is InChI=1S/C11H13NO2/c1-14-9-3-2-8-7(10(9)13)6-12-11(8)4-5-11/h2-3,12-13H,4-6H2,1H3. The SMILES string of the molecule is COc1ccc2c(c1O)CNC21CC1. The normalized spacial score (nSPS) is 20.9. The van der Waals surface area contributed by atoms with Gasteiger partial charge in [0.15, 0.2) is 11.5 Å². The lowest BCUT2D eigenvalue weighted by Gasteiger charge is -2.10. The first-order chi connectivity index (χ1) is 6.77. The zero-order chi connectivity index (χ0) is 9.76. The minimum absolute atomic E-state index is 0.194. The number of hydrogen-bond donors (Lipinski definition) is 2. The maximum Gasteiger partial charge on any atom is 0.162 e. The minimum atomic E-state index is 0.194. The molecule has 3 rings (SSSR count). The quantitative estimate of drug-likeness (QED) is 0.706. The number of ether oxygens (including phenoxy) is 1. The van der Waals surface area contributed by atoms with Gasteiger partial charge >= 0.3 is 0 Å². The molecule has 1 fully saturated rings. The van der Waals surface area contributed by atoms with E-state index in [1.54, 1.807) is 7.11 Å². The van der Waals surface area contributed by atoms with Crippen LogP contribution in [-0.2, 0) is 12.1 Å². The van der Waals surface area contributed by atoms with Crippen LogP contribution in [0, 0.1) is 0 Å². The van der Waals surface area contributed by atoms with Crippen molar-refractivity contribution >= 4 is 0 Å². The van der Waals surface area contributed by atoms with E-state index in [4.69, 9.17) is 4.74 Å². The highest BCUT2D eigenvalue weighted by atomic mass is 16.5. The number of phenolic OH excluding ortho intramolecular Hbond substituents is 1. The van der Waals surface area contributed by atoms with Gasteiger partial charge in [0.05, 0.1) is 7.11 Å². The van der Waals surface area contributed by atoms with Gasteiger partial charge in [0.1, 0.15) is 0 Å². The van der Waals surface area contributed by atoms with Crippen molar-refractivity contribution in [3.05, 3.63) is 23.3 Å². The fraction of sp³-hybridized carbons (Fsp3) is 0.455. The average molecular weight is 191 g/mol. The fourth-order valence-corrected chi connectivity index (χ4v) is 2.33. The van der Waals surface area contributed by atoms with Crippen LogP contribution in [-0.4, -0.2) is 12.2 Å². The highest BCUT2D eigenvalue weighted by Crippen LogP contribution is 2.53. The Hall–Kier alpha value is -1.22. The van der Waals surface area contributed by atoms with Crippen LogP contribution in [0.15, 0.2) is 12.1 Å². The third-order valence-electron chi connectivity index (χ3n) is 3.33. The van der Waals surface area contributed by atoms with E-state index in [0.29, 0.717) is 11.5 Å². The molecule has 1 saturated carbocycles. The van der Waals surface area contributed by atoms with E-state index in [0.717, 1.165) is 12.1 Å². The maximum atomic E-state index is 9.90. The molecule has 3 nitrogen and oxygen atoms in total. The molecule has 1 aromatic carbocycles. The van der Waals surface area contributed by atoms with Gasteiger partial charge in [0.2, 0.25) is 0 Å². The molecule has 0 radical (unpaired) electrons. The Balaban J connectivity index is 2.17. The molecule has 2 aliphatic rings. The molecule has 1 aliphatic heterocycles. The second-order valence-corrected chi connectivity index (χ2v) is 4.08. The minimum Gasteiger partial charge on any atom is -0.504 e. The van der Waals surface area contributed by atoms with E-state index in [1.165, 1.54) is 18.4 Å². The van der Waals surface area contributed by atoms with Crippen molar-refractivity contribution in [1.29, 1.82) is 0 Å². The Kier molecular flexibility index (Phi) is 1.40. The number of hydrogen-bond acceptors (Lipinski definition) is 3. The molecule has 1 aliphatic carbocycles. The summed E-state index contributed by atoms with van der Waals surface area (Å²) in [6, 6.07) is 3.92. The number of aromatic hydroxyl groups is 1. The molecule has 74 valence electrons. The third kappa shape index (κ3) is 0.852. The summed E-state index contributed by atoms with van der Waals surface area (Å²) in [5.74, 6) is 0.879. The number of rotatable bonds is 1. The Bertz CT molecular complexity index is 397. The zero-order valence-corrected chi connectivity index (χ0v) is 8.13. The Morgan fingerprint density at radius 1 is 1.43 bits per heavy atom. The van der Waals surface area contributed by atoms with Crippen LogP contribution in [0.5, 0.6) is 11.5 Å². The fourth-order valence-electron chi connectivity index (χ4n) is 2.33. The Morgan fingerprint density at radius 3 is 2.86 bits per heavy atom. The molecule has 2 N–H and O–H groups in total. The van der Waals surface area contributed by atoms with Crippen LogP contribution in [0.2, 0.25) is 0 Å². The van der Waals surface area contributed by atoms with Gasteiger partial charge in [-0.2, -0.15) is 0 Å². The third-order valence-corrected chi connectivity index (χ3v) is 3.33. The molecule has 0 bridgehead atoms. The highest BCUT2D eigenvalue weighted by molar-refractivity contribution is 5.55. The second kappa shape index (κ2) is 2.42. The van der Waals surface area contributed by atoms with Crippen molar-refractivity contribution in [2.45, 2.75) is 24.9 Å². The number of nitrogens with one attached hydrogen (secondary N) is 1. The first-order valence-electron chi connectivity index (χ1n) is 4.91. The van der Waals surface area contributed by atoms with Crippen LogP contribution >= 0.6 is 0 Å². The number of phenols is 1. The molecule has 1 spiro atoms.